The molecule has 0 atom stereocenters. The van der Waals surface area contributed by atoms with E-state index in [4.69, 9.17) is 4.74 Å². The molecule has 0 aromatic heterocycles. The molecule has 0 bridgehead atoms. The van der Waals surface area contributed by atoms with Gasteiger partial charge in [0.25, 0.3) is 0 Å². The Labute approximate surface area is 125 Å². The highest BCUT2D eigenvalue weighted by Gasteiger charge is 2.24. The Bertz CT molecular complexity index is 532. The number of sulfonamides is 1. The molecule has 7 heteroatoms. The van der Waals surface area contributed by atoms with Gasteiger partial charge in [-0.15, -0.1) is 0 Å². The van der Waals surface area contributed by atoms with Gasteiger partial charge in [0.15, 0.2) is 0 Å². The predicted molar refractivity (Wildman–Crippen MR) is 84.0 cm³/mol. The van der Waals surface area contributed by atoms with Crippen LogP contribution in [-0.2, 0) is 16.6 Å². The lowest BCUT2D eigenvalue weighted by atomic mass is 10.2. The van der Waals surface area contributed by atoms with Crippen LogP contribution in [0.3, 0.4) is 0 Å². The molecule has 1 rings (SSSR count). The number of hydrogen-bond donors (Lipinski definition) is 1. The van der Waals surface area contributed by atoms with Crippen LogP contribution in [0.4, 0.5) is 0 Å². The third kappa shape index (κ3) is 4.12. The maximum Gasteiger partial charge on any atom is 0.246 e. The first-order valence-electron chi connectivity index (χ1n) is 6.24. The number of benzene rings is 1. The smallest absolute Gasteiger partial charge is 0.246 e. The minimum Gasteiger partial charge on any atom is -0.495 e. The van der Waals surface area contributed by atoms with Gasteiger partial charge in [-0.3, -0.25) is 0 Å². The van der Waals surface area contributed by atoms with Crippen molar-refractivity contribution in [2.45, 2.75) is 11.4 Å². The zero-order chi connectivity index (χ0) is 15.2. The molecule has 1 N–H and O–H groups in total. The second-order valence-corrected chi connectivity index (χ2v) is 7.33. The number of thioether (sulfide) groups is 1. The molecule has 0 radical (unpaired) electrons. The fourth-order valence-corrected chi connectivity index (χ4v) is 3.62. The van der Waals surface area contributed by atoms with Crippen molar-refractivity contribution >= 4 is 21.8 Å². The van der Waals surface area contributed by atoms with Crippen LogP contribution >= 0.6 is 11.8 Å². The van der Waals surface area contributed by atoms with Crippen molar-refractivity contribution in [2.75, 3.05) is 39.8 Å². The van der Waals surface area contributed by atoms with Crippen LogP contribution in [0.25, 0.3) is 0 Å². The molecule has 1 aromatic carbocycles. The summed E-state index contributed by atoms with van der Waals surface area (Å²) >= 11 is 1.61. The first-order valence-corrected chi connectivity index (χ1v) is 9.07. The van der Waals surface area contributed by atoms with Crippen molar-refractivity contribution in [1.29, 1.82) is 0 Å². The molecule has 0 fully saturated rings. The summed E-state index contributed by atoms with van der Waals surface area (Å²) in [4.78, 5) is 0.212. The van der Waals surface area contributed by atoms with Gasteiger partial charge >= 0.3 is 0 Å². The number of rotatable bonds is 8. The van der Waals surface area contributed by atoms with Crippen molar-refractivity contribution in [1.82, 2.24) is 9.62 Å². The molecular formula is C13H22N2O3S2. The number of methoxy groups -OCH3 is 1. The maximum absolute atomic E-state index is 12.5. The molecule has 20 heavy (non-hydrogen) atoms. The van der Waals surface area contributed by atoms with Crippen LogP contribution in [-0.4, -0.2) is 52.5 Å². The van der Waals surface area contributed by atoms with Gasteiger partial charge in [0.1, 0.15) is 10.6 Å². The summed E-state index contributed by atoms with van der Waals surface area (Å²) in [5.74, 6) is 1.14. The van der Waals surface area contributed by atoms with E-state index >= 15 is 0 Å². The molecule has 1 aromatic rings. The van der Waals surface area contributed by atoms with Gasteiger partial charge in [0.05, 0.1) is 7.11 Å². The maximum atomic E-state index is 12.5. The summed E-state index contributed by atoms with van der Waals surface area (Å²) in [5.41, 5.74) is 0.982. The molecule has 5 nitrogen and oxygen atoms in total. The molecule has 0 saturated heterocycles. The lowest BCUT2D eigenvalue weighted by molar-refractivity contribution is 0.398. The van der Waals surface area contributed by atoms with Crippen LogP contribution in [0, 0.1) is 0 Å². The van der Waals surface area contributed by atoms with Crippen LogP contribution in [0.2, 0.25) is 0 Å². The van der Waals surface area contributed by atoms with Crippen molar-refractivity contribution in [3.8, 4) is 5.75 Å². The van der Waals surface area contributed by atoms with Crippen LogP contribution in [0.1, 0.15) is 5.56 Å². The summed E-state index contributed by atoms with van der Waals surface area (Å²) < 4.78 is 31.6. The van der Waals surface area contributed by atoms with E-state index in [2.05, 4.69) is 5.32 Å². The Balaban J connectivity index is 3.11. The van der Waals surface area contributed by atoms with Gasteiger partial charge in [-0.1, -0.05) is 6.07 Å². The Kier molecular flexibility index (Phi) is 6.81. The third-order valence-electron chi connectivity index (χ3n) is 2.91. The molecule has 114 valence electrons. The number of nitrogens with one attached hydrogen (secondary N) is 1. The molecule has 0 saturated carbocycles. The van der Waals surface area contributed by atoms with Crippen molar-refractivity contribution in [3.05, 3.63) is 23.8 Å². The SMILES string of the molecule is CNCc1ccc(S(=O)(=O)N(C)CCSC)c(OC)c1. The molecule has 0 heterocycles. The van der Waals surface area contributed by atoms with Crippen LogP contribution < -0.4 is 10.1 Å². The average molecular weight is 318 g/mol. The van der Waals surface area contributed by atoms with Gasteiger partial charge < -0.3 is 10.1 Å². The highest BCUT2D eigenvalue weighted by molar-refractivity contribution is 7.98. The molecule has 0 amide bonds. The Morgan fingerprint density at radius 2 is 2.10 bits per heavy atom. The zero-order valence-electron chi connectivity index (χ0n) is 12.3. The quantitative estimate of drug-likeness (QED) is 0.785. The first kappa shape index (κ1) is 17.3. The van der Waals surface area contributed by atoms with E-state index < -0.39 is 10.0 Å². The minimum absolute atomic E-state index is 0.212. The number of ether oxygens (including phenoxy) is 1. The van der Waals surface area contributed by atoms with E-state index in [1.165, 1.54) is 11.4 Å². The van der Waals surface area contributed by atoms with Crippen LogP contribution in [0.5, 0.6) is 5.75 Å². The van der Waals surface area contributed by atoms with E-state index in [1.54, 1.807) is 37.0 Å². The molecule has 0 aliphatic carbocycles. The van der Waals surface area contributed by atoms with E-state index in [0.717, 1.165) is 11.3 Å². The zero-order valence-corrected chi connectivity index (χ0v) is 14.0. The van der Waals surface area contributed by atoms with Crippen molar-refractivity contribution in [2.24, 2.45) is 0 Å². The summed E-state index contributed by atoms with van der Waals surface area (Å²) in [6, 6.07) is 5.16. The monoisotopic (exact) mass is 318 g/mol. The second-order valence-electron chi connectivity index (χ2n) is 4.33. The minimum atomic E-state index is -3.51. The van der Waals surface area contributed by atoms with Crippen LogP contribution in [0.15, 0.2) is 23.1 Å². The van der Waals surface area contributed by atoms with E-state index in [-0.39, 0.29) is 4.90 Å². The Morgan fingerprint density at radius 3 is 2.65 bits per heavy atom. The Morgan fingerprint density at radius 1 is 1.40 bits per heavy atom. The lowest BCUT2D eigenvalue weighted by Crippen LogP contribution is -2.29. The summed E-state index contributed by atoms with van der Waals surface area (Å²) in [6.07, 6.45) is 1.95. The topological polar surface area (TPSA) is 58.6 Å². The second kappa shape index (κ2) is 7.87. The van der Waals surface area contributed by atoms with Gasteiger partial charge in [0, 0.05) is 25.9 Å². The summed E-state index contributed by atoms with van der Waals surface area (Å²) in [6.45, 7) is 1.14. The van der Waals surface area contributed by atoms with E-state index in [0.29, 0.717) is 18.8 Å². The highest BCUT2D eigenvalue weighted by Crippen LogP contribution is 2.27. The number of hydrogen-bond acceptors (Lipinski definition) is 5. The molecule has 0 aliphatic rings. The van der Waals surface area contributed by atoms with Gasteiger partial charge in [-0.2, -0.15) is 16.1 Å². The largest absolute Gasteiger partial charge is 0.495 e. The van der Waals surface area contributed by atoms with Gasteiger partial charge in [-0.05, 0) is 31.0 Å². The van der Waals surface area contributed by atoms with Gasteiger partial charge in [0.2, 0.25) is 10.0 Å². The number of nitrogens with zero attached hydrogens (tertiary/aromatic N) is 1. The molecule has 0 spiro atoms. The fraction of sp³-hybridized carbons (Fsp3) is 0.538. The standard InChI is InChI=1S/C13H22N2O3S2/c1-14-10-11-5-6-13(12(9-11)18-3)20(16,17)15(2)7-8-19-4/h5-6,9,14H,7-8,10H2,1-4H3. The fourth-order valence-electron chi connectivity index (χ4n) is 1.75. The molecular weight excluding hydrogens is 296 g/mol. The summed E-state index contributed by atoms with van der Waals surface area (Å²) in [5, 5.41) is 3.03. The normalized spacial score (nSPS) is 11.8. The molecule has 0 aliphatic heterocycles. The highest BCUT2D eigenvalue weighted by atomic mass is 32.2. The third-order valence-corrected chi connectivity index (χ3v) is 5.39. The summed E-state index contributed by atoms with van der Waals surface area (Å²) in [7, 11) is 1.40. The van der Waals surface area contributed by atoms with Crippen molar-refractivity contribution in [3.63, 3.8) is 0 Å². The molecule has 0 unspecified atom stereocenters. The lowest BCUT2D eigenvalue weighted by Gasteiger charge is -2.19. The van der Waals surface area contributed by atoms with E-state index in [9.17, 15) is 8.42 Å². The first-order chi connectivity index (χ1) is 9.47. The average Bonchev–Trinajstić information content (AvgIpc) is 2.44. The predicted octanol–water partition coefficient (Wildman–Crippen LogP) is 1.40. The van der Waals surface area contributed by atoms with Crippen molar-refractivity contribution < 1.29 is 13.2 Å². The Hall–Kier alpha value is -0.760. The van der Waals surface area contributed by atoms with Gasteiger partial charge in [-0.25, -0.2) is 8.42 Å². The van der Waals surface area contributed by atoms with E-state index in [1.807, 2.05) is 13.3 Å².